The quantitative estimate of drug-likeness (QED) is 0.808. The lowest BCUT2D eigenvalue weighted by Crippen LogP contribution is -2.36. The number of methoxy groups -OCH3 is 1. The molecule has 0 aliphatic carbocycles. The van der Waals surface area contributed by atoms with Crippen molar-refractivity contribution in [3.63, 3.8) is 0 Å². The van der Waals surface area contributed by atoms with Crippen molar-refractivity contribution in [1.29, 1.82) is 0 Å². The Morgan fingerprint density at radius 2 is 1.58 bits per heavy atom. The maximum Gasteiger partial charge on any atom is 0.313 e. The number of hydrogen-bond acceptors (Lipinski definition) is 3. The SMILES string of the molecule is COc1ccc(C(C)NC(=O)C(=O)Nc2cc(Cl)cc(Cl)c2)cc1. The lowest BCUT2D eigenvalue weighted by Gasteiger charge is -2.14. The van der Waals surface area contributed by atoms with Crippen molar-refractivity contribution in [3.05, 3.63) is 58.1 Å². The van der Waals surface area contributed by atoms with Crippen LogP contribution in [0.15, 0.2) is 42.5 Å². The minimum Gasteiger partial charge on any atom is -0.497 e. The fourth-order valence-electron chi connectivity index (χ4n) is 2.05. The summed E-state index contributed by atoms with van der Waals surface area (Å²) in [6.07, 6.45) is 0. The van der Waals surface area contributed by atoms with Crippen LogP contribution in [-0.2, 0) is 9.59 Å². The number of amides is 2. The average Bonchev–Trinajstić information content (AvgIpc) is 2.53. The van der Waals surface area contributed by atoms with Crippen LogP contribution in [0.5, 0.6) is 5.75 Å². The summed E-state index contributed by atoms with van der Waals surface area (Å²) in [7, 11) is 1.58. The minimum absolute atomic E-state index is 0.336. The molecular formula is C17H16Cl2N2O3. The highest BCUT2D eigenvalue weighted by molar-refractivity contribution is 6.40. The second kappa shape index (κ2) is 8.04. The second-order valence-electron chi connectivity index (χ2n) is 5.08. The van der Waals surface area contributed by atoms with Gasteiger partial charge >= 0.3 is 11.8 Å². The van der Waals surface area contributed by atoms with Crippen molar-refractivity contribution < 1.29 is 14.3 Å². The van der Waals surface area contributed by atoms with Crippen molar-refractivity contribution in [2.75, 3.05) is 12.4 Å². The molecule has 2 rings (SSSR count). The predicted octanol–water partition coefficient (Wildman–Crippen LogP) is 3.82. The van der Waals surface area contributed by atoms with E-state index in [4.69, 9.17) is 27.9 Å². The Hall–Kier alpha value is -2.24. The molecule has 0 radical (unpaired) electrons. The molecule has 0 saturated heterocycles. The Morgan fingerprint density at radius 1 is 1.00 bits per heavy atom. The summed E-state index contributed by atoms with van der Waals surface area (Å²) in [5.41, 5.74) is 1.20. The summed E-state index contributed by atoms with van der Waals surface area (Å²) >= 11 is 11.7. The fraction of sp³-hybridized carbons (Fsp3) is 0.176. The first kappa shape index (κ1) is 18.1. The number of ether oxygens (including phenoxy) is 1. The molecule has 2 aromatic rings. The molecule has 0 spiro atoms. The van der Waals surface area contributed by atoms with Crippen LogP contribution in [0.4, 0.5) is 5.69 Å². The van der Waals surface area contributed by atoms with Gasteiger partial charge in [0.05, 0.1) is 13.2 Å². The molecule has 0 aliphatic rings. The van der Waals surface area contributed by atoms with Gasteiger partial charge in [0.25, 0.3) is 0 Å². The number of rotatable bonds is 4. The zero-order chi connectivity index (χ0) is 17.7. The van der Waals surface area contributed by atoms with Crippen molar-refractivity contribution in [2.24, 2.45) is 0 Å². The number of nitrogens with one attached hydrogen (secondary N) is 2. The summed E-state index contributed by atoms with van der Waals surface area (Å²) in [5, 5.41) is 5.81. The summed E-state index contributed by atoms with van der Waals surface area (Å²) < 4.78 is 5.08. The molecule has 0 bridgehead atoms. The molecule has 2 N–H and O–H groups in total. The van der Waals surface area contributed by atoms with Crippen LogP contribution in [0.1, 0.15) is 18.5 Å². The van der Waals surface area contributed by atoms with Gasteiger partial charge in [0, 0.05) is 15.7 Å². The highest BCUT2D eigenvalue weighted by Crippen LogP contribution is 2.22. The van der Waals surface area contributed by atoms with Gasteiger partial charge in [0.1, 0.15) is 5.75 Å². The lowest BCUT2D eigenvalue weighted by atomic mass is 10.1. The molecule has 1 atom stereocenters. The van der Waals surface area contributed by atoms with Crippen molar-refractivity contribution in [3.8, 4) is 5.75 Å². The van der Waals surface area contributed by atoms with Crippen LogP contribution < -0.4 is 15.4 Å². The number of carbonyl (C=O) groups is 2. The summed E-state index contributed by atoms with van der Waals surface area (Å²) in [6.45, 7) is 1.78. The van der Waals surface area contributed by atoms with Gasteiger partial charge in [-0.15, -0.1) is 0 Å². The molecule has 2 aromatic carbocycles. The van der Waals surface area contributed by atoms with Crippen LogP contribution in [0.2, 0.25) is 10.0 Å². The van der Waals surface area contributed by atoms with E-state index in [1.165, 1.54) is 18.2 Å². The van der Waals surface area contributed by atoms with E-state index in [-0.39, 0.29) is 6.04 Å². The van der Waals surface area contributed by atoms with Gasteiger partial charge in [0.2, 0.25) is 0 Å². The standard InChI is InChI=1S/C17H16Cl2N2O3/c1-10(11-3-5-15(24-2)6-4-11)20-16(22)17(23)21-14-8-12(18)7-13(19)9-14/h3-10H,1-2H3,(H,20,22)(H,21,23). The number of halogens is 2. The molecule has 5 nitrogen and oxygen atoms in total. The average molecular weight is 367 g/mol. The third-order valence-electron chi connectivity index (χ3n) is 3.29. The van der Waals surface area contributed by atoms with Gasteiger partial charge in [-0.2, -0.15) is 0 Å². The third kappa shape index (κ3) is 4.88. The van der Waals surface area contributed by atoms with E-state index in [1.807, 2.05) is 12.1 Å². The van der Waals surface area contributed by atoms with Crippen LogP contribution in [-0.4, -0.2) is 18.9 Å². The summed E-state index contributed by atoms with van der Waals surface area (Å²) in [6, 6.07) is 11.4. The van der Waals surface area contributed by atoms with Gasteiger partial charge in [-0.3, -0.25) is 9.59 Å². The van der Waals surface area contributed by atoms with Gasteiger partial charge in [-0.25, -0.2) is 0 Å². The van der Waals surface area contributed by atoms with Crippen LogP contribution in [0, 0.1) is 0 Å². The van der Waals surface area contributed by atoms with E-state index < -0.39 is 11.8 Å². The lowest BCUT2D eigenvalue weighted by molar-refractivity contribution is -0.136. The van der Waals surface area contributed by atoms with Crippen molar-refractivity contribution >= 4 is 40.7 Å². The monoisotopic (exact) mass is 366 g/mol. The largest absolute Gasteiger partial charge is 0.497 e. The van der Waals surface area contributed by atoms with Crippen LogP contribution in [0.3, 0.4) is 0 Å². The third-order valence-corrected chi connectivity index (χ3v) is 3.73. The van der Waals surface area contributed by atoms with E-state index in [0.717, 1.165) is 5.56 Å². The maximum atomic E-state index is 12.0. The molecule has 7 heteroatoms. The second-order valence-corrected chi connectivity index (χ2v) is 5.95. The zero-order valence-electron chi connectivity index (χ0n) is 13.1. The summed E-state index contributed by atoms with van der Waals surface area (Å²) in [5.74, 6) is -0.837. The highest BCUT2D eigenvalue weighted by atomic mass is 35.5. The van der Waals surface area contributed by atoms with Crippen LogP contribution in [0.25, 0.3) is 0 Å². The molecule has 1 unspecified atom stereocenters. The Morgan fingerprint density at radius 3 is 2.12 bits per heavy atom. The van der Waals surface area contributed by atoms with Crippen molar-refractivity contribution in [2.45, 2.75) is 13.0 Å². The molecule has 0 heterocycles. The topological polar surface area (TPSA) is 67.4 Å². The number of benzene rings is 2. The smallest absolute Gasteiger partial charge is 0.313 e. The normalized spacial score (nSPS) is 11.5. The Bertz CT molecular complexity index is 728. The van der Waals surface area contributed by atoms with E-state index >= 15 is 0 Å². The highest BCUT2D eigenvalue weighted by Gasteiger charge is 2.17. The predicted molar refractivity (Wildman–Crippen MR) is 94.6 cm³/mol. The number of carbonyl (C=O) groups excluding carboxylic acids is 2. The first-order valence-electron chi connectivity index (χ1n) is 7.11. The van der Waals surface area contributed by atoms with Crippen molar-refractivity contribution in [1.82, 2.24) is 5.32 Å². The zero-order valence-corrected chi connectivity index (χ0v) is 14.6. The number of anilines is 1. The maximum absolute atomic E-state index is 12.0. The van der Waals surface area contributed by atoms with Gasteiger partial charge in [-0.1, -0.05) is 35.3 Å². The van der Waals surface area contributed by atoms with Gasteiger partial charge < -0.3 is 15.4 Å². The molecule has 0 fully saturated rings. The van der Waals surface area contributed by atoms with E-state index in [1.54, 1.807) is 26.2 Å². The first-order valence-corrected chi connectivity index (χ1v) is 7.86. The Labute approximate surface area is 149 Å². The van der Waals surface area contributed by atoms with Crippen LogP contribution >= 0.6 is 23.2 Å². The Balaban J connectivity index is 1.98. The molecule has 126 valence electrons. The molecular weight excluding hydrogens is 351 g/mol. The molecule has 0 saturated carbocycles. The first-order chi connectivity index (χ1) is 11.4. The van der Waals surface area contributed by atoms with E-state index in [9.17, 15) is 9.59 Å². The van der Waals surface area contributed by atoms with E-state index in [0.29, 0.717) is 21.5 Å². The summed E-state index contributed by atoms with van der Waals surface area (Å²) in [4.78, 5) is 24.0. The Kier molecular flexibility index (Phi) is 6.06. The van der Waals surface area contributed by atoms with E-state index in [2.05, 4.69) is 10.6 Å². The van der Waals surface area contributed by atoms with Gasteiger partial charge in [0.15, 0.2) is 0 Å². The number of hydrogen-bond donors (Lipinski definition) is 2. The molecule has 0 aromatic heterocycles. The molecule has 24 heavy (non-hydrogen) atoms. The minimum atomic E-state index is -0.798. The fourth-order valence-corrected chi connectivity index (χ4v) is 2.58. The van der Waals surface area contributed by atoms with Gasteiger partial charge in [-0.05, 0) is 42.8 Å². The molecule has 0 aliphatic heterocycles. The molecule has 2 amide bonds.